The molecule has 0 aliphatic heterocycles. The Morgan fingerprint density at radius 3 is 2.68 bits per heavy atom. The number of nitrogens with one attached hydrogen (secondary N) is 1. The number of nitrogens with two attached hydrogens (primary N) is 1. The predicted octanol–water partition coefficient (Wildman–Crippen LogP) is 1.78. The summed E-state index contributed by atoms with van der Waals surface area (Å²) in [6.07, 6.45) is 0.869. The molecular weight excluding hydrogens is 238 g/mol. The highest BCUT2D eigenvalue weighted by molar-refractivity contribution is 5.98. The predicted molar refractivity (Wildman–Crippen MR) is 79.1 cm³/mol. The summed E-state index contributed by atoms with van der Waals surface area (Å²) in [5, 5.41) is 2.81. The van der Waals surface area contributed by atoms with Gasteiger partial charge in [0.1, 0.15) is 5.84 Å². The van der Waals surface area contributed by atoms with Crippen molar-refractivity contribution in [3.8, 4) is 0 Å². The van der Waals surface area contributed by atoms with Gasteiger partial charge in [-0.25, -0.2) is 0 Å². The number of carbonyl (C=O) groups excluding carboxylic acids is 1. The van der Waals surface area contributed by atoms with E-state index in [2.05, 4.69) is 23.8 Å². The zero-order valence-corrected chi connectivity index (χ0v) is 11.8. The number of carbonyl (C=O) groups is 1. The molecule has 0 heterocycles. The number of nitrogens with zero attached hydrogens (tertiary/aromatic N) is 1. The second-order valence-corrected chi connectivity index (χ2v) is 4.42. The molecular formula is C15H21N3O. The van der Waals surface area contributed by atoms with E-state index >= 15 is 0 Å². The van der Waals surface area contributed by atoms with Crippen LogP contribution in [0.3, 0.4) is 0 Å². The van der Waals surface area contributed by atoms with Gasteiger partial charge in [0, 0.05) is 24.7 Å². The van der Waals surface area contributed by atoms with Crippen molar-refractivity contribution in [2.24, 2.45) is 10.7 Å². The van der Waals surface area contributed by atoms with E-state index in [4.69, 9.17) is 5.73 Å². The molecule has 4 heteroatoms. The summed E-state index contributed by atoms with van der Waals surface area (Å²) in [4.78, 5) is 15.4. The van der Waals surface area contributed by atoms with Crippen molar-refractivity contribution in [1.29, 1.82) is 0 Å². The Bertz CT molecular complexity index is 518. The highest BCUT2D eigenvalue weighted by Crippen LogP contribution is 2.13. The first-order valence-electron chi connectivity index (χ1n) is 6.27. The van der Waals surface area contributed by atoms with Crippen LogP contribution >= 0.6 is 0 Å². The van der Waals surface area contributed by atoms with Crippen LogP contribution in [0.25, 0.3) is 0 Å². The normalized spacial score (nSPS) is 11.2. The molecule has 0 atom stereocenters. The van der Waals surface area contributed by atoms with E-state index in [1.54, 1.807) is 14.0 Å². The van der Waals surface area contributed by atoms with Gasteiger partial charge in [-0.2, -0.15) is 0 Å². The lowest BCUT2D eigenvalue weighted by Crippen LogP contribution is -2.23. The second kappa shape index (κ2) is 6.73. The molecule has 1 aromatic carbocycles. The first-order chi connectivity index (χ1) is 8.99. The van der Waals surface area contributed by atoms with Gasteiger partial charge in [-0.15, -0.1) is 0 Å². The van der Waals surface area contributed by atoms with E-state index in [-0.39, 0.29) is 5.91 Å². The molecule has 0 unspecified atom stereocenters. The smallest absolute Gasteiger partial charge is 0.246 e. The average Bonchev–Trinajstić information content (AvgIpc) is 2.43. The second-order valence-electron chi connectivity index (χ2n) is 4.42. The van der Waals surface area contributed by atoms with Crippen LogP contribution in [0.1, 0.15) is 30.5 Å². The number of rotatable bonds is 5. The van der Waals surface area contributed by atoms with Crippen LogP contribution in [0.5, 0.6) is 0 Å². The number of amides is 1. The van der Waals surface area contributed by atoms with E-state index in [0.717, 1.165) is 23.1 Å². The molecule has 0 fully saturated rings. The van der Waals surface area contributed by atoms with E-state index in [1.165, 1.54) is 0 Å². The Morgan fingerprint density at radius 2 is 2.16 bits per heavy atom. The van der Waals surface area contributed by atoms with Crippen LogP contribution < -0.4 is 11.1 Å². The molecule has 1 amide bonds. The van der Waals surface area contributed by atoms with Gasteiger partial charge in [0.25, 0.3) is 0 Å². The monoisotopic (exact) mass is 259 g/mol. The molecule has 1 rings (SSSR count). The lowest BCUT2D eigenvalue weighted by molar-refractivity contribution is -0.117. The highest BCUT2D eigenvalue weighted by atomic mass is 16.1. The maximum atomic E-state index is 11.4. The fourth-order valence-corrected chi connectivity index (χ4v) is 1.75. The van der Waals surface area contributed by atoms with E-state index in [0.29, 0.717) is 18.0 Å². The molecule has 0 saturated heterocycles. The summed E-state index contributed by atoms with van der Waals surface area (Å²) in [6.45, 7) is 7.85. The Morgan fingerprint density at radius 1 is 1.47 bits per heavy atom. The van der Waals surface area contributed by atoms with Crippen molar-refractivity contribution < 1.29 is 4.79 Å². The molecule has 0 bridgehead atoms. The Balaban J connectivity index is 2.89. The van der Waals surface area contributed by atoms with Crippen molar-refractivity contribution >= 4 is 11.7 Å². The van der Waals surface area contributed by atoms with Gasteiger partial charge in [0.15, 0.2) is 0 Å². The molecule has 0 radical (unpaired) electrons. The third-order valence-electron chi connectivity index (χ3n) is 2.91. The first-order valence-corrected chi connectivity index (χ1v) is 6.27. The van der Waals surface area contributed by atoms with Crippen LogP contribution in [0.15, 0.2) is 35.3 Å². The maximum Gasteiger partial charge on any atom is 0.246 e. The number of amidine groups is 1. The summed E-state index contributed by atoms with van der Waals surface area (Å²) in [5.74, 6) is 0.408. The summed E-state index contributed by atoms with van der Waals surface area (Å²) >= 11 is 0. The molecule has 19 heavy (non-hydrogen) atoms. The van der Waals surface area contributed by atoms with Gasteiger partial charge < -0.3 is 11.1 Å². The van der Waals surface area contributed by atoms with E-state index in [9.17, 15) is 4.79 Å². The van der Waals surface area contributed by atoms with Gasteiger partial charge in [0.05, 0.1) is 0 Å². The Hall–Kier alpha value is -2.10. The number of hydrogen-bond acceptors (Lipinski definition) is 2. The SMILES string of the molecule is C=C(C)C(=O)NCc1ccc(C(N)=NC)c(CC)c1. The minimum atomic E-state index is -0.128. The number of aryl methyl sites for hydroxylation is 1. The van der Waals surface area contributed by atoms with Crippen LogP contribution in [-0.4, -0.2) is 18.8 Å². The van der Waals surface area contributed by atoms with Gasteiger partial charge >= 0.3 is 0 Å². The molecule has 0 aliphatic carbocycles. The number of aliphatic imine (C=N–C) groups is 1. The van der Waals surface area contributed by atoms with Crippen LogP contribution in [0.4, 0.5) is 0 Å². The van der Waals surface area contributed by atoms with Crippen molar-refractivity contribution in [2.45, 2.75) is 26.8 Å². The molecule has 0 aromatic heterocycles. The van der Waals surface area contributed by atoms with Crippen molar-refractivity contribution in [2.75, 3.05) is 7.05 Å². The van der Waals surface area contributed by atoms with Crippen LogP contribution in [-0.2, 0) is 17.8 Å². The number of benzene rings is 1. The summed E-state index contributed by atoms with van der Waals surface area (Å²) in [6, 6.07) is 5.95. The summed E-state index contributed by atoms with van der Waals surface area (Å²) < 4.78 is 0. The number of hydrogen-bond donors (Lipinski definition) is 2. The van der Waals surface area contributed by atoms with Crippen LogP contribution in [0.2, 0.25) is 0 Å². The molecule has 4 nitrogen and oxygen atoms in total. The average molecular weight is 259 g/mol. The lowest BCUT2D eigenvalue weighted by Gasteiger charge is -2.11. The quantitative estimate of drug-likeness (QED) is 0.481. The Kier molecular flexibility index (Phi) is 5.30. The van der Waals surface area contributed by atoms with Crippen molar-refractivity contribution in [3.05, 3.63) is 47.0 Å². The van der Waals surface area contributed by atoms with Crippen molar-refractivity contribution in [3.63, 3.8) is 0 Å². The fourth-order valence-electron chi connectivity index (χ4n) is 1.75. The lowest BCUT2D eigenvalue weighted by atomic mass is 10.0. The largest absolute Gasteiger partial charge is 0.384 e. The molecule has 1 aromatic rings. The molecule has 0 aliphatic rings. The molecule has 0 saturated carbocycles. The highest BCUT2D eigenvalue weighted by Gasteiger charge is 2.07. The molecule has 0 spiro atoms. The maximum absolute atomic E-state index is 11.4. The standard InChI is InChI=1S/C15H21N3O/c1-5-12-8-11(9-18-15(19)10(2)3)6-7-13(12)14(16)17-4/h6-8H,2,5,9H2,1,3-4H3,(H2,16,17)(H,18,19). The fraction of sp³-hybridized carbons (Fsp3) is 0.333. The molecule has 3 N–H and O–H groups in total. The minimum Gasteiger partial charge on any atom is -0.384 e. The summed E-state index contributed by atoms with van der Waals surface area (Å²) in [7, 11) is 1.68. The molecule has 102 valence electrons. The third-order valence-corrected chi connectivity index (χ3v) is 2.91. The van der Waals surface area contributed by atoms with E-state index in [1.807, 2.05) is 18.2 Å². The third kappa shape index (κ3) is 3.95. The van der Waals surface area contributed by atoms with E-state index < -0.39 is 0 Å². The van der Waals surface area contributed by atoms with Gasteiger partial charge in [-0.1, -0.05) is 31.7 Å². The topological polar surface area (TPSA) is 67.5 Å². The van der Waals surface area contributed by atoms with Gasteiger partial charge in [-0.05, 0) is 24.5 Å². The Labute approximate surface area is 114 Å². The summed E-state index contributed by atoms with van der Waals surface area (Å²) in [5.41, 5.74) is 9.49. The van der Waals surface area contributed by atoms with Crippen LogP contribution in [0, 0.1) is 0 Å². The van der Waals surface area contributed by atoms with Crippen molar-refractivity contribution in [1.82, 2.24) is 5.32 Å². The van der Waals surface area contributed by atoms with Gasteiger partial charge in [-0.3, -0.25) is 9.79 Å². The zero-order valence-electron chi connectivity index (χ0n) is 11.8. The zero-order chi connectivity index (χ0) is 14.4. The first kappa shape index (κ1) is 15.0. The minimum absolute atomic E-state index is 0.128. The van der Waals surface area contributed by atoms with Gasteiger partial charge in [0.2, 0.25) is 5.91 Å².